The number of carbonyl (C=O) groups is 2. The second-order valence-electron chi connectivity index (χ2n) is 7.41. The molecule has 0 saturated carbocycles. The molecule has 0 radical (unpaired) electrons. The lowest BCUT2D eigenvalue weighted by Crippen LogP contribution is -2.23. The van der Waals surface area contributed by atoms with E-state index < -0.39 is 0 Å². The molecule has 1 unspecified atom stereocenters. The number of nitrogens with one attached hydrogen (secondary N) is 2. The van der Waals surface area contributed by atoms with Crippen molar-refractivity contribution in [2.75, 3.05) is 12.4 Å². The minimum absolute atomic E-state index is 0.0651. The third-order valence-electron chi connectivity index (χ3n) is 5.03. The molecule has 6 nitrogen and oxygen atoms in total. The van der Waals surface area contributed by atoms with E-state index in [-0.39, 0.29) is 17.9 Å². The van der Waals surface area contributed by atoms with Crippen molar-refractivity contribution in [1.82, 2.24) is 10.3 Å². The molecule has 8 heteroatoms. The highest BCUT2D eigenvalue weighted by atomic mass is 32.1. The number of anilines is 1. The number of benzene rings is 2. The van der Waals surface area contributed by atoms with Crippen LogP contribution in [0.5, 0.6) is 5.75 Å². The second-order valence-corrected chi connectivity index (χ2v) is 9.32. The summed E-state index contributed by atoms with van der Waals surface area (Å²) in [5, 5.41) is 8.18. The normalized spacial score (nSPS) is 11.6. The zero-order valence-corrected chi connectivity index (χ0v) is 20.0. The first-order valence-corrected chi connectivity index (χ1v) is 12.0. The summed E-state index contributed by atoms with van der Waals surface area (Å²) in [5.74, 6) is 0.223. The number of rotatable bonds is 7. The molecule has 33 heavy (non-hydrogen) atoms. The highest BCUT2D eigenvalue weighted by molar-refractivity contribution is 7.18. The van der Waals surface area contributed by atoms with Crippen LogP contribution in [-0.2, 0) is 4.79 Å². The summed E-state index contributed by atoms with van der Waals surface area (Å²) in [6, 6.07) is 19.6. The minimum atomic E-state index is -0.251. The number of hydrogen-bond donors (Lipinski definition) is 2. The second kappa shape index (κ2) is 9.97. The Bertz CT molecular complexity index is 1260. The average molecular weight is 478 g/mol. The molecule has 2 heterocycles. The molecule has 2 N–H and O–H groups in total. The van der Waals surface area contributed by atoms with Crippen LogP contribution in [0.4, 0.5) is 5.13 Å². The number of hydrogen-bond acceptors (Lipinski definition) is 6. The van der Waals surface area contributed by atoms with Crippen LogP contribution in [0.25, 0.3) is 21.7 Å². The van der Waals surface area contributed by atoms with E-state index in [1.165, 1.54) is 29.6 Å². The van der Waals surface area contributed by atoms with Crippen LogP contribution in [0.1, 0.15) is 35.1 Å². The zero-order valence-electron chi connectivity index (χ0n) is 18.4. The van der Waals surface area contributed by atoms with Crippen molar-refractivity contribution >= 4 is 39.6 Å². The van der Waals surface area contributed by atoms with Crippen molar-refractivity contribution < 1.29 is 14.3 Å². The minimum Gasteiger partial charge on any atom is -0.495 e. The van der Waals surface area contributed by atoms with Gasteiger partial charge in [0.25, 0.3) is 5.91 Å². The van der Waals surface area contributed by atoms with Gasteiger partial charge in [0, 0.05) is 22.7 Å². The summed E-state index contributed by atoms with van der Waals surface area (Å²) in [6.07, 6.45) is 0. The van der Waals surface area contributed by atoms with Gasteiger partial charge in [-0.2, -0.15) is 0 Å². The molecule has 0 bridgehead atoms. The maximum absolute atomic E-state index is 12.9. The number of carbonyl (C=O) groups excluding carboxylic acids is 2. The average Bonchev–Trinajstić information content (AvgIpc) is 3.46. The van der Waals surface area contributed by atoms with Crippen molar-refractivity contribution in [1.29, 1.82) is 0 Å². The van der Waals surface area contributed by atoms with E-state index in [0.29, 0.717) is 15.8 Å². The maximum atomic E-state index is 12.9. The summed E-state index contributed by atoms with van der Waals surface area (Å²) < 4.78 is 5.44. The predicted octanol–water partition coefficient (Wildman–Crippen LogP) is 6.00. The Morgan fingerprint density at radius 1 is 1.03 bits per heavy atom. The summed E-state index contributed by atoms with van der Waals surface area (Å²) in [4.78, 5) is 30.2. The summed E-state index contributed by atoms with van der Waals surface area (Å²) in [5.41, 5.74) is 3.76. The Morgan fingerprint density at radius 2 is 1.76 bits per heavy atom. The summed E-state index contributed by atoms with van der Waals surface area (Å²) in [6.45, 7) is 3.44. The molecule has 0 saturated heterocycles. The fourth-order valence-corrected chi connectivity index (χ4v) is 5.12. The zero-order chi connectivity index (χ0) is 23.4. The first kappa shape index (κ1) is 22.7. The van der Waals surface area contributed by atoms with Gasteiger partial charge < -0.3 is 10.1 Å². The molecule has 168 valence electrons. The van der Waals surface area contributed by atoms with Crippen LogP contribution in [0.3, 0.4) is 0 Å². The highest BCUT2D eigenvalue weighted by Gasteiger charge is 2.19. The van der Waals surface area contributed by atoms with E-state index in [1.807, 2.05) is 73.0 Å². The van der Waals surface area contributed by atoms with Gasteiger partial charge in [0.05, 0.1) is 18.8 Å². The largest absolute Gasteiger partial charge is 0.495 e. The van der Waals surface area contributed by atoms with Crippen LogP contribution in [0.15, 0.2) is 66.0 Å². The molecule has 0 fully saturated rings. The lowest BCUT2D eigenvalue weighted by Gasteiger charge is -2.13. The van der Waals surface area contributed by atoms with Gasteiger partial charge in [0.2, 0.25) is 5.91 Å². The number of thiazole rings is 1. The van der Waals surface area contributed by atoms with Crippen LogP contribution in [-0.4, -0.2) is 23.9 Å². The third kappa shape index (κ3) is 5.30. The highest BCUT2D eigenvalue weighted by Crippen LogP contribution is 2.37. The third-order valence-corrected chi connectivity index (χ3v) is 6.96. The van der Waals surface area contributed by atoms with Crippen LogP contribution < -0.4 is 15.4 Å². The Balaban J connectivity index is 1.48. The number of aromatic nitrogens is 1. The molecule has 0 aliphatic carbocycles. The number of ether oxygens (including phenoxy) is 1. The fourth-order valence-electron chi connectivity index (χ4n) is 3.38. The van der Waals surface area contributed by atoms with Crippen LogP contribution >= 0.6 is 22.7 Å². The molecular formula is C25H23N3O3S2. The van der Waals surface area contributed by atoms with E-state index in [4.69, 9.17) is 4.74 Å². The van der Waals surface area contributed by atoms with Gasteiger partial charge in [0.15, 0.2) is 5.13 Å². The van der Waals surface area contributed by atoms with E-state index in [0.717, 1.165) is 27.3 Å². The van der Waals surface area contributed by atoms with E-state index in [1.54, 1.807) is 7.11 Å². The monoisotopic (exact) mass is 477 g/mol. The summed E-state index contributed by atoms with van der Waals surface area (Å²) >= 11 is 2.75. The van der Waals surface area contributed by atoms with E-state index in [2.05, 4.69) is 15.6 Å². The lowest BCUT2D eigenvalue weighted by atomic mass is 10.1. The predicted molar refractivity (Wildman–Crippen MR) is 134 cm³/mol. The molecule has 4 rings (SSSR count). The topological polar surface area (TPSA) is 80.3 Å². The van der Waals surface area contributed by atoms with Crippen molar-refractivity contribution in [3.05, 3.63) is 76.5 Å². The molecular weight excluding hydrogens is 454 g/mol. The van der Waals surface area contributed by atoms with Gasteiger partial charge in [-0.15, -0.1) is 22.7 Å². The molecule has 2 amide bonds. The maximum Gasteiger partial charge on any atom is 0.271 e. The molecule has 2 aromatic heterocycles. The number of thiophene rings is 1. The SMILES string of the molecule is COc1cc(-c2ccccc2)sc1C(=O)Nc1nc(-c2ccc(C(C)NC(C)=O)cc2)cs1. The molecule has 0 aliphatic rings. The van der Waals surface area contributed by atoms with Gasteiger partial charge in [-0.3, -0.25) is 14.9 Å². The Labute approximate surface area is 200 Å². The van der Waals surface area contributed by atoms with Crippen LogP contribution in [0.2, 0.25) is 0 Å². The van der Waals surface area contributed by atoms with Crippen molar-refractivity contribution in [3.63, 3.8) is 0 Å². The summed E-state index contributed by atoms with van der Waals surface area (Å²) in [7, 11) is 1.56. The first-order valence-electron chi connectivity index (χ1n) is 10.3. The molecule has 1 atom stereocenters. The Kier molecular flexibility index (Phi) is 6.86. The number of amides is 2. The number of methoxy groups -OCH3 is 1. The van der Waals surface area contributed by atoms with Gasteiger partial charge in [-0.1, -0.05) is 54.6 Å². The smallest absolute Gasteiger partial charge is 0.271 e. The van der Waals surface area contributed by atoms with Crippen molar-refractivity contribution in [2.45, 2.75) is 19.9 Å². The van der Waals surface area contributed by atoms with Crippen LogP contribution in [0, 0.1) is 0 Å². The molecule has 4 aromatic rings. The lowest BCUT2D eigenvalue weighted by molar-refractivity contribution is -0.119. The quantitative estimate of drug-likeness (QED) is 0.342. The fraction of sp³-hybridized carbons (Fsp3) is 0.160. The molecule has 2 aromatic carbocycles. The van der Waals surface area contributed by atoms with E-state index in [9.17, 15) is 9.59 Å². The van der Waals surface area contributed by atoms with Gasteiger partial charge in [-0.05, 0) is 24.1 Å². The Morgan fingerprint density at radius 3 is 2.42 bits per heavy atom. The van der Waals surface area contributed by atoms with Crippen molar-refractivity contribution in [3.8, 4) is 27.4 Å². The van der Waals surface area contributed by atoms with E-state index >= 15 is 0 Å². The standard InChI is InChI=1S/C25H23N3O3S2/c1-15(26-16(2)29)17-9-11-18(12-10-17)20-14-32-25(27-20)28-24(30)23-21(31-3)13-22(33-23)19-7-5-4-6-8-19/h4-15H,1-3H3,(H,26,29)(H,27,28,30). The molecule has 0 spiro atoms. The van der Waals surface area contributed by atoms with Crippen molar-refractivity contribution in [2.24, 2.45) is 0 Å². The number of nitrogens with zero attached hydrogens (tertiary/aromatic N) is 1. The van der Waals surface area contributed by atoms with Gasteiger partial charge in [-0.25, -0.2) is 4.98 Å². The van der Waals surface area contributed by atoms with Gasteiger partial charge in [0.1, 0.15) is 10.6 Å². The Hall–Kier alpha value is -3.49. The molecule has 0 aliphatic heterocycles. The van der Waals surface area contributed by atoms with Gasteiger partial charge >= 0.3 is 0 Å². The first-order chi connectivity index (χ1) is 15.9.